The maximum Gasteiger partial charge on any atom is 0.306 e. The third-order valence-corrected chi connectivity index (χ3v) is 17.2. The van der Waals surface area contributed by atoms with Crippen LogP contribution >= 0.6 is 0 Å². The molecule has 1 fully saturated rings. The Morgan fingerprint density at radius 2 is 0.758 bits per heavy atom. The predicted octanol–water partition coefficient (Wildman–Crippen LogP) is 20.8. The zero-order chi connectivity index (χ0) is 68.8. The van der Waals surface area contributed by atoms with E-state index in [-0.39, 0.29) is 19.4 Å². The summed E-state index contributed by atoms with van der Waals surface area (Å²) >= 11 is 0. The van der Waals surface area contributed by atoms with E-state index >= 15 is 0 Å². The number of rotatable bonds is 65. The fourth-order valence-corrected chi connectivity index (χ4v) is 11.3. The number of amides is 1. The number of allylic oxidation sites excluding steroid dienone is 23. The SMILES string of the molecule is CC/C=C\C/C=C\C/C=C\C/C=C\C/C=C\C/C=C\CCCCCCCCCC(O)C(=O)NC(COC1OC(CO)C(O)C(O)C1OC(=O)CCCCCCCCCCCCC/C=C\C/C=C\C/C=C\C/C=C\C/C=C\CC)C(O)/C=C/CCCCCCCCCCCCC. The first-order valence-electron chi connectivity index (χ1n) is 38.6. The molecule has 0 aromatic heterocycles. The van der Waals surface area contributed by atoms with Crippen LogP contribution in [0.25, 0.3) is 0 Å². The summed E-state index contributed by atoms with van der Waals surface area (Å²) in [5.74, 6) is -1.21. The number of aliphatic hydroxyl groups excluding tert-OH is 5. The minimum absolute atomic E-state index is 0.111. The summed E-state index contributed by atoms with van der Waals surface area (Å²) in [7, 11) is 0. The molecule has 0 bridgehead atoms. The molecule has 6 N–H and O–H groups in total. The Balaban J connectivity index is 2.56. The average Bonchev–Trinajstić information content (AvgIpc) is 0.829. The molecule has 1 rings (SSSR count). The Bertz CT molecular complexity index is 2110. The molecule has 11 heteroatoms. The van der Waals surface area contributed by atoms with Crippen LogP contribution < -0.4 is 5.32 Å². The molecule has 1 aliphatic heterocycles. The van der Waals surface area contributed by atoms with Crippen LogP contribution in [0.5, 0.6) is 0 Å². The number of carbonyl (C=O) groups is 2. The summed E-state index contributed by atoms with van der Waals surface area (Å²) in [6.45, 7) is 5.58. The van der Waals surface area contributed by atoms with Crippen LogP contribution in [-0.4, -0.2) is 99.6 Å². The van der Waals surface area contributed by atoms with Gasteiger partial charge in [-0.1, -0.05) is 327 Å². The molecule has 1 saturated heterocycles. The molecule has 0 spiro atoms. The molecular weight excluding hydrogens is 1180 g/mol. The molecule has 0 radical (unpaired) electrons. The van der Waals surface area contributed by atoms with Gasteiger partial charge in [-0.05, 0) is 122 Å². The number of hydrogen-bond donors (Lipinski definition) is 6. The summed E-state index contributed by atoms with van der Waals surface area (Å²) in [5, 5.41) is 57.4. The monoisotopic (exact) mass is 1320 g/mol. The minimum Gasteiger partial charge on any atom is -0.454 e. The van der Waals surface area contributed by atoms with Crippen LogP contribution in [-0.2, 0) is 23.8 Å². The van der Waals surface area contributed by atoms with Crippen molar-refractivity contribution in [3.05, 3.63) is 146 Å². The Kier molecular flexibility index (Phi) is 64.7. The first-order valence-corrected chi connectivity index (χ1v) is 38.6. The number of hydrogen-bond acceptors (Lipinski definition) is 10. The third kappa shape index (κ3) is 56.2. The number of esters is 1. The van der Waals surface area contributed by atoms with Crippen LogP contribution in [0, 0.1) is 0 Å². The number of nitrogens with one attached hydrogen (secondary N) is 1. The Morgan fingerprint density at radius 1 is 0.421 bits per heavy atom. The smallest absolute Gasteiger partial charge is 0.306 e. The maximum atomic E-state index is 13.5. The van der Waals surface area contributed by atoms with Gasteiger partial charge in [-0.3, -0.25) is 9.59 Å². The van der Waals surface area contributed by atoms with Crippen LogP contribution in [0.15, 0.2) is 146 Å². The van der Waals surface area contributed by atoms with Gasteiger partial charge in [-0.15, -0.1) is 0 Å². The van der Waals surface area contributed by atoms with Gasteiger partial charge in [0.15, 0.2) is 12.4 Å². The molecule has 0 aliphatic carbocycles. The van der Waals surface area contributed by atoms with E-state index in [2.05, 4.69) is 160 Å². The highest BCUT2D eigenvalue weighted by Gasteiger charge is 2.47. The van der Waals surface area contributed by atoms with Crippen molar-refractivity contribution in [2.75, 3.05) is 13.2 Å². The molecule has 8 unspecified atom stereocenters. The Morgan fingerprint density at radius 3 is 1.14 bits per heavy atom. The second-order valence-corrected chi connectivity index (χ2v) is 26.0. The van der Waals surface area contributed by atoms with Crippen LogP contribution in [0.4, 0.5) is 0 Å². The van der Waals surface area contributed by atoms with Crippen molar-refractivity contribution >= 4 is 11.9 Å². The van der Waals surface area contributed by atoms with Gasteiger partial charge in [0, 0.05) is 6.42 Å². The normalized spacial score (nSPS) is 18.6. The van der Waals surface area contributed by atoms with Crippen molar-refractivity contribution in [1.82, 2.24) is 5.32 Å². The van der Waals surface area contributed by atoms with Gasteiger partial charge in [0.25, 0.3) is 0 Å². The Labute approximate surface area is 581 Å². The van der Waals surface area contributed by atoms with Gasteiger partial charge in [0.05, 0.1) is 25.4 Å². The second-order valence-electron chi connectivity index (χ2n) is 26.0. The van der Waals surface area contributed by atoms with Gasteiger partial charge in [0.2, 0.25) is 5.91 Å². The van der Waals surface area contributed by atoms with Crippen LogP contribution in [0.1, 0.15) is 310 Å². The van der Waals surface area contributed by atoms with Gasteiger partial charge in [-0.25, -0.2) is 0 Å². The van der Waals surface area contributed by atoms with Crippen LogP contribution in [0.2, 0.25) is 0 Å². The summed E-state index contributed by atoms with van der Waals surface area (Å²) in [5.41, 5.74) is 0. The molecule has 0 saturated carbocycles. The molecule has 95 heavy (non-hydrogen) atoms. The lowest BCUT2D eigenvalue weighted by Gasteiger charge is -2.41. The Hall–Kier alpha value is -4.46. The molecule has 11 nitrogen and oxygen atoms in total. The summed E-state index contributed by atoms with van der Waals surface area (Å²) in [6, 6.07) is -1.04. The largest absolute Gasteiger partial charge is 0.454 e. The van der Waals surface area contributed by atoms with Gasteiger partial charge >= 0.3 is 5.97 Å². The van der Waals surface area contributed by atoms with Crippen molar-refractivity contribution in [1.29, 1.82) is 0 Å². The first kappa shape index (κ1) is 88.6. The number of carbonyl (C=O) groups excluding carboxylic acids is 2. The zero-order valence-electron chi connectivity index (χ0n) is 60.5. The first-order chi connectivity index (χ1) is 46.7. The highest BCUT2D eigenvalue weighted by molar-refractivity contribution is 5.80. The zero-order valence-corrected chi connectivity index (χ0v) is 60.5. The second kappa shape index (κ2) is 69.4. The number of aliphatic hydroxyl groups is 5. The summed E-state index contributed by atoms with van der Waals surface area (Å²) in [6.07, 6.45) is 90.2. The average molecular weight is 1330 g/mol. The fourth-order valence-electron chi connectivity index (χ4n) is 11.3. The molecule has 1 aliphatic rings. The molecule has 0 aromatic carbocycles. The van der Waals surface area contributed by atoms with Crippen molar-refractivity contribution in [3.8, 4) is 0 Å². The van der Waals surface area contributed by atoms with E-state index in [4.69, 9.17) is 14.2 Å². The lowest BCUT2D eigenvalue weighted by molar-refractivity contribution is -0.305. The lowest BCUT2D eigenvalue weighted by atomic mass is 9.99. The van der Waals surface area contributed by atoms with E-state index in [1.54, 1.807) is 6.08 Å². The lowest BCUT2D eigenvalue weighted by Crippen LogP contribution is -2.61. The predicted molar refractivity (Wildman–Crippen MR) is 402 cm³/mol. The highest BCUT2D eigenvalue weighted by Crippen LogP contribution is 2.26. The molecule has 1 heterocycles. The number of unbranched alkanes of at least 4 members (excludes halogenated alkanes) is 29. The molecule has 8 atom stereocenters. The quantitative estimate of drug-likeness (QED) is 0.0195. The van der Waals surface area contributed by atoms with E-state index < -0.39 is 67.4 Å². The van der Waals surface area contributed by atoms with E-state index in [1.807, 2.05) is 6.08 Å². The third-order valence-electron chi connectivity index (χ3n) is 17.2. The maximum absolute atomic E-state index is 13.5. The highest BCUT2D eigenvalue weighted by atomic mass is 16.7. The van der Waals surface area contributed by atoms with E-state index in [1.165, 1.54) is 103 Å². The van der Waals surface area contributed by atoms with Crippen molar-refractivity contribution in [2.45, 2.75) is 359 Å². The van der Waals surface area contributed by atoms with E-state index in [0.717, 1.165) is 161 Å². The van der Waals surface area contributed by atoms with Crippen molar-refractivity contribution in [3.63, 3.8) is 0 Å². The summed E-state index contributed by atoms with van der Waals surface area (Å²) in [4.78, 5) is 26.8. The fraction of sp³-hybridized carbons (Fsp3) is 0.690. The molecule has 0 aromatic rings. The number of ether oxygens (including phenoxy) is 3. The molecular formula is C84H141NO10. The van der Waals surface area contributed by atoms with Crippen LogP contribution in [0.3, 0.4) is 0 Å². The van der Waals surface area contributed by atoms with E-state index in [9.17, 15) is 35.1 Å². The molecule has 1 amide bonds. The van der Waals surface area contributed by atoms with Gasteiger partial charge in [0.1, 0.15) is 24.4 Å². The topological polar surface area (TPSA) is 175 Å². The summed E-state index contributed by atoms with van der Waals surface area (Å²) < 4.78 is 17.7. The minimum atomic E-state index is -1.63. The molecule has 542 valence electrons. The van der Waals surface area contributed by atoms with Gasteiger partial charge < -0.3 is 45.1 Å². The standard InChI is InChI=1S/C84H141NO10/c1-4-7-10-13-16-19-22-25-27-29-31-33-35-37-39-41-43-45-47-49-51-54-57-60-63-66-69-72-79(89)95-82-81(91)80(90)78(73-86)94-84(82)93-74-75(76(87)70-67-64-61-58-55-52-24-21-18-15-12-9-6-3)85-83(92)77(88)71-68-65-62-59-56-53-50-48-46-44-42-40-38-36-34-32-30-28-26-23-20-17-14-11-8-5-2/h7-8,10-11,16-17,19-20,25-28,31-34,37-40,44,46,67,70,75-78,80-82,84,86-88,90-91H,4-6,9,12-15,18,21-24,29-30,35-36,41-43,45,47-66,68-69,71-74H2,1-3H3,(H,85,92)/b10-7-,11-8-,19-16-,20-17-,27-25-,28-26-,33-31-,34-32-,39-37-,40-38-,46-44-,70-67+. The van der Waals surface area contributed by atoms with Gasteiger partial charge in [-0.2, -0.15) is 0 Å². The van der Waals surface area contributed by atoms with Crippen molar-refractivity contribution < 1.29 is 49.3 Å². The van der Waals surface area contributed by atoms with E-state index in [0.29, 0.717) is 12.8 Å². The van der Waals surface area contributed by atoms with Crippen molar-refractivity contribution in [2.24, 2.45) is 0 Å².